The number of anilines is 1. The number of aromatic nitrogens is 2. The number of nitriles is 1. The van der Waals surface area contributed by atoms with Crippen molar-refractivity contribution in [1.29, 1.82) is 5.26 Å². The van der Waals surface area contributed by atoms with Gasteiger partial charge in [0.15, 0.2) is 0 Å². The lowest BCUT2D eigenvalue weighted by atomic mass is 9.87. The first kappa shape index (κ1) is 18.1. The van der Waals surface area contributed by atoms with Gasteiger partial charge in [-0.25, -0.2) is 4.52 Å². The number of carbonyl (C=O) groups excluding carboxylic acids is 1. The third-order valence-corrected chi connectivity index (χ3v) is 5.83. The highest BCUT2D eigenvalue weighted by atomic mass is 16.1. The summed E-state index contributed by atoms with van der Waals surface area (Å²) in [5, 5.41) is 17.0. The fourth-order valence-electron chi connectivity index (χ4n) is 4.06. The molecule has 0 saturated heterocycles. The van der Waals surface area contributed by atoms with Crippen molar-refractivity contribution in [2.75, 3.05) is 5.32 Å². The number of nitrogens with zero attached hydrogens (tertiary/aromatic N) is 3. The smallest absolute Gasteiger partial charge is 0.252 e. The number of hydrogen-bond donors (Lipinski definition) is 2. The van der Waals surface area contributed by atoms with E-state index in [1.54, 1.807) is 16.6 Å². The van der Waals surface area contributed by atoms with Crippen molar-refractivity contribution in [1.82, 2.24) is 9.61 Å². The molecule has 142 valence electrons. The average Bonchev–Trinajstić information content (AvgIpc) is 3.25. The Kier molecular flexibility index (Phi) is 4.31. The summed E-state index contributed by atoms with van der Waals surface area (Å²) in [6.45, 7) is 4.50. The molecular weight excluding hydrogens is 350 g/mol. The van der Waals surface area contributed by atoms with Gasteiger partial charge in [0.1, 0.15) is 0 Å². The molecular formula is C22H23N5O. The second-order valence-corrected chi connectivity index (χ2v) is 8.12. The molecule has 0 aliphatic heterocycles. The Morgan fingerprint density at radius 3 is 2.68 bits per heavy atom. The van der Waals surface area contributed by atoms with Gasteiger partial charge in [-0.15, -0.1) is 0 Å². The lowest BCUT2D eigenvalue weighted by molar-refractivity contribution is 0.100. The third kappa shape index (κ3) is 3.09. The van der Waals surface area contributed by atoms with Crippen LogP contribution in [0.4, 0.5) is 5.69 Å². The van der Waals surface area contributed by atoms with Crippen LogP contribution < -0.4 is 11.1 Å². The quantitative estimate of drug-likeness (QED) is 0.723. The summed E-state index contributed by atoms with van der Waals surface area (Å²) in [4.78, 5) is 12.1. The Balaban J connectivity index is 1.81. The van der Waals surface area contributed by atoms with Crippen molar-refractivity contribution in [3.05, 3.63) is 53.9 Å². The van der Waals surface area contributed by atoms with E-state index in [1.807, 2.05) is 24.4 Å². The first-order valence-electron chi connectivity index (χ1n) is 9.47. The number of fused-ring (bicyclic) bond motifs is 1. The van der Waals surface area contributed by atoms with E-state index < -0.39 is 5.91 Å². The molecule has 6 heteroatoms. The molecule has 0 unspecified atom stereocenters. The van der Waals surface area contributed by atoms with Crippen molar-refractivity contribution in [2.24, 2.45) is 11.1 Å². The standard InChI is InChI=1S/C22H23N5O/c1-22(2)9-3-4-19(22)26-20-17(21(24)28)12-25-27-13-16(10-18(20)27)15-7-5-14(11-23)6-8-15/h5-8,10,12-13,19,26H,3-4,9H2,1-2H3,(H2,24,28)/t19-/m1/s1. The van der Waals surface area contributed by atoms with Gasteiger partial charge in [0.25, 0.3) is 5.91 Å². The van der Waals surface area contributed by atoms with Crippen molar-refractivity contribution >= 4 is 17.1 Å². The Morgan fingerprint density at radius 1 is 1.32 bits per heavy atom. The van der Waals surface area contributed by atoms with Crippen LogP contribution in [0.3, 0.4) is 0 Å². The Hall–Kier alpha value is -3.33. The van der Waals surface area contributed by atoms with E-state index in [-0.39, 0.29) is 11.5 Å². The van der Waals surface area contributed by atoms with Gasteiger partial charge in [-0.3, -0.25) is 4.79 Å². The molecule has 3 N–H and O–H groups in total. The summed E-state index contributed by atoms with van der Waals surface area (Å²) in [5.74, 6) is -0.491. The Bertz CT molecular complexity index is 1090. The monoisotopic (exact) mass is 373 g/mol. The van der Waals surface area contributed by atoms with E-state index in [0.29, 0.717) is 11.1 Å². The van der Waals surface area contributed by atoms with E-state index in [4.69, 9.17) is 11.0 Å². The number of carbonyl (C=O) groups is 1. The van der Waals surface area contributed by atoms with E-state index >= 15 is 0 Å². The molecule has 1 aliphatic rings. The topological polar surface area (TPSA) is 96.2 Å². The van der Waals surface area contributed by atoms with E-state index in [0.717, 1.165) is 41.6 Å². The molecule has 4 rings (SSSR count). The zero-order valence-corrected chi connectivity index (χ0v) is 16.1. The fraction of sp³-hybridized carbons (Fsp3) is 0.318. The van der Waals surface area contributed by atoms with E-state index in [1.165, 1.54) is 6.20 Å². The zero-order valence-electron chi connectivity index (χ0n) is 16.1. The molecule has 2 aromatic heterocycles. The molecule has 1 amide bonds. The molecule has 3 aromatic rings. The second-order valence-electron chi connectivity index (χ2n) is 8.12. The van der Waals surface area contributed by atoms with Crippen LogP contribution in [0, 0.1) is 16.7 Å². The lowest BCUT2D eigenvalue weighted by Crippen LogP contribution is -2.32. The summed E-state index contributed by atoms with van der Waals surface area (Å²) < 4.78 is 1.77. The highest BCUT2D eigenvalue weighted by Gasteiger charge is 2.35. The molecule has 1 saturated carbocycles. The van der Waals surface area contributed by atoms with E-state index in [2.05, 4.69) is 30.3 Å². The van der Waals surface area contributed by atoms with Gasteiger partial charge in [0.2, 0.25) is 0 Å². The van der Waals surface area contributed by atoms with Crippen LogP contribution in [-0.4, -0.2) is 21.6 Å². The summed E-state index contributed by atoms with van der Waals surface area (Å²) in [7, 11) is 0. The molecule has 1 aliphatic carbocycles. The van der Waals surface area contributed by atoms with Crippen LogP contribution in [0.2, 0.25) is 0 Å². The maximum Gasteiger partial charge on any atom is 0.252 e. The number of primary amides is 1. The molecule has 0 radical (unpaired) electrons. The van der Waals surface area contributed by atoms with Crippen LogP contribution in [0.25, 0.3) is 16.6 Å². The minimum atomic E-state index is -0.491. The molecule has 2 heterocycles. The van der Waals surface area contributed by atoms with Crippen molar-refractivity contribution in [3.8, 4) is 17.2 Å². The summed E-state index contributed by atoms with van der Waals surface area (Å²) >= 11 is 0. The largest absolute Gasteiger partial charge is 0.379 e. The number of nitrogens with one attached hydrogen (secondary N) is 1. The minimum Gasteiger partial charge on any atom is -0.379 e. The van der Waals surface area contributed by atoms with Gasteiger partial charge in [-0.05, 0) is 42.0 Å². The third-order valence-electron chi connectivity index (χ3n) is 5.83. The number of amides is 1. The van der Waals surface area contributed by atoms with Gasteiger partial charge in [0, 0.05) is 17.8 Å². The normalized spacial score (nSPS) is 18.1. The predicted octanol–water partition coefficient (Wildman–Crippen LogP) is 3.96. The van der Waals surface area contributed by atoms with Gasteiger partial charge in [-0.1, -0.05) is 32.4 Å². The maximum atomic E-state index is 12.1. The summed E-state index contributed by atoms with van der Waals surface area (Å²) in [6.07, 6.45) is 6.82. The van der Waals surface area contributed by atoms with Crippen LogP contribution in [0.15, 0.2) is 42.7 Å². The molecule has 1 fully saturated rings. The predicted molar refractivity (Wildman–Crippen MR) is 109 cm³/mol. The summed E-state index contributed by atoms with van der Waals surface area (Å²) in [5.41, 5.74) is 10.3. The zero-order chi connectivity index (χ0) is 19.9. The summed E-state index contributed by atoms with van der Waals surface area (Å²) in [6, 6.07) is 11.8. The van der Waals surface area contributed by atoms with Gasteiger partial charge in [-0.2, -0.15) is 10.4 Å². The Labute approximate surface area is 164 Å². The second kappa shape index (κ2) is 6.68. The number of rotatable bonds is 4. The van der Waals surface area contributed by atoms with Gasteiger partial charge < -0.3 is 11.1 Å². The van der Waals surface area contributed by atoms with Crippen molar-refractivity contribution in [2.45, 2.75) is 39.2 Å². The maximum absolute atomic E-state index is 12.1. The Morgan fingerprint density at radius 2 is 2.07 bits per heavy atom. The number of nitrogens with two attached hydrogens (primary N) is 1. The highest BCUT2D eigenvalue weighted by Crippen LogP contribution is 2.40. The first-order valence-corrected chi connectivity index (χ1v) is 9.47. The molecule has 28 heavy (non-hydrogen) atoms. The van der Waals surface area contributed by atoms with Crippen LogP contribution in [-0.2, 0) is 0 Å². The van der Waals surface area contributed by atoms with Gasteiger partial charge >= 0.3 is 0 Å². The average molecular weight is 373 g/mol. The SMILES string of the molecule is CC1(C)CCC[C@H]1Nc1c(C(N)=O)cnn2cc(-c3ccc(C#N)cc3)cc12. The van der Waals surface area contributed by atoms with Crippen molar-refractivity contribution < 1.29 is 4.79 Å². The van der Waals surface area contributed by atoms with Crippen LogP contribution in [0.5, 0.6) is 0 Å². The molecule has 1 aromatic carbocycles. The number of benzene rings is 1. The van der Waals surface area contributed by atoms with Gasteiger partial charge in [0.05, 0.1) is 34.6 Å². The molecule has 0 bridgehead atoms. The molecule has 6 nitrogen and oxygen atoms in total. The van der Waals surface area contributed by atoms with Crippen LogP contribution >= 0.6 is 0 Å². The number of hydrogen-bond acceptors (Lipinski definition) is 4. The first-order chi connectivity index (χ1) is 13.4. The van der Waals surface area contributed by atoms with E-state index in [9.17, 15) is 4.79 Å². The molecule has 0 spiro atoms. The highest BCUT2D eigenvalue weighted by molar-refractivity contribution is 6.02. The minimum absolute atomic E-state index is 0.151. The van der Waals surface area contributed by atoms with Crippen molar-refractivity contribution in [3.63, 3.8) is 0 Å². The lowest BCUT2D eigenvalue weighted by Gasteiger charge is -2.29. The van der Waals surface area contributed by atoms with Crippen LogP contribution in [0.1, 0.15) is 49.0 Å². The molecule has 1 atom stereocenters. The fourth-order valence-corrected chi connectivity index (χ4v) is 4.06.